The first-order chi connectivity index (χ1) is 20.4. The molecule has 0 bridgehead atoms. The van der Waals surface area contributed by atoms with Gasteiger partial charge in [0.15, 0.2) is 0 Å². The third-order valence-electron chi connectivity index (χ3n) is 7.32. The summed E-state index contributed by atoms with van der Waals surface area (Å²) >= 11 is 0. The van der Waals surface area contributed by atoms with Crippen molar-refractivity contribution in [2.45, 2.75) is 117 Å². The van der Waals surface area contributed by atoms with E-state index < -0.39 is 53.2 Å². The fraction of sp³-hybridized carbons (Fsp3) is 0.543. The molecule has 0 spiro atoms. The smallest absolute Gasteiger partial charge is 0.408 e. The number of rotatable bonds is 10. The first-order valence-electron chi connectivity index (χ1n) is 15.3. The summed E-state index contributed by atoms with van der Waals surface area (Å²) in [7, 11) is 0. The quantitative estimate of drug-likeness (QED) is 0.342. The van der Waals surface area contributed by atoms with Gasteiger partial charge in [0.2, 0.25) is 11.8 Å². The predicted octanol–water partition coefficient (Wildman–Crippen LogP) is 5.56. The highest BCUT2D eigenvalue weighted by Gasteiger charge is 2.48. The Morgan fingerprint density at radius 2 is 1.50 bits per heavy atom. The molecule has 0 aliphatic heterocycles. The number of benzene rings is 2. The number of carbonyl (C=O) groups is 4. The zero-order valence-corrected chi connectivity index (χ0v) is 27.8. The highest BCUT2D eigenvalue weighted by atomic mass is 16.6. The molecule has 2 N–H and O–H groups in total. The second-order valence-electron chi connectivity index (χ2n) is 13.9. The Labute approximate surface area is 262 Å². The van der Waals surface area contributed by atoms with Gasteiger partial charge in [-0.1, -0.05) is 61.0 Å². The molecule has 240 valence electrons. The molecular formula is C35H49N3O6. The van der Waals surface area contributed by atoms with Gasteiger partial charge < -0.3 is 25.0 Å². The Morgan fingerprint density at radius 3 is 2.02 bits per heavy atom. The number of ether oxygens (including phenoxy) is 2. The molecule has 1 aliphatic carbocycles. The highest BCUT2D eigenvalue weighted by molar-refractivity contribution is 5.94. The molecule has 5 atom stereocenters. The largest absolute Gasteiger partial charge is 0.458 e. The van der Waals surface area contributed by atoms with Gasteiger partial charge in [-0.05, 0) is 91.3 Å². The predicted molar refractivity (Wildman–Crippen MR) is 170 cm³/mol. The van der Waals surface area contributed by atoms with E-state index in [0.717, 1.165) is 16.7 Å². The zero-order valence-electron chi connectivity index (χ0n) is 27.8. The summed E-state index contributed by atoms with van der Waals surface area (Å²) < 4.78 is 11.1. The summed E-state index contributed by atoms with van der Waals surface area (Å²) in [6.45, 7) is 18.0. The second kappa shape index (κ2) is 13.8. The van der Waals surface area contributed by atoms with Crippen molar-refractivity contribution in [1.29, 1.82) is 0 Å². The van der Waals surface area contributed by atoms with Crippen LogP contribution in [0.25, 0.3) is 0 Å². The number of amides is 3. The van der Waals surface area contributed by atoms with Gasteiger partial charge in [0, 0.05) is 12.5 Å². The van der Waals surface area contributed by atoms with Crippen molar-refractivity contribution in [3.63, 3.8) is 0 Å². The fourth-order valence-corrected chi connectivity index (χ4v) is 5.16. The van der Waals surface area contributed by atoms with Crippen LogP contribution in [0.2, 0.25) is 0 Å². The molecule has 2 aromatic rings. The van der Waals surface area contributed by atoms with E-state index in [9.17, 15) is 19.2 Å². The van der Waals surface area contributed by atoms with E-state index in [-0.39, 0.29) is 18.4 Å². The first kappa shape index (κ1) is 34.6. The molecule has 1 fully saturated rings. The van der Waals surface area contributed by atoms with Gasteiger partial charge in [0.25, 0.3) is 0 Å². The van der Waals surface area contributed by atoms with Crippen molar-refractivity contribution >= 4 is 23.9 Å². The fourth-order valence-electron chi connectivity index (χ4n) is 5.16. The number of hydrogen-bond acceptors (Lipinski definition) is 6. The Bertz CT molecular complexity index is 1340. The van der Waals surface area contributed by atoms with Crippen molar-refractivity contribution in [3.8, 4) is 0 Å². The molecule has 0 heterocycles. The first-order valence-corrected chi connectivity index (χ1v) is 15.3. The summed E-state index contributed by atoms with van der Waals surface area (Å²) in [4.78, 5) is 56.2. The number of nitrogens with one attached hydrogen (secondary N) is 2. The highest BCUT2D eigenvalue weighted by Crippen LogP contribution is 2.41. The molecule has 1 saturated carbocycles. The molecule has 0 aromatic heterocycles. The lowest BCUT2D eigenvalue weighted by molar-refractivity contribution is -0.159. The van der Waals surface area contributed by atoms with Crippen LogP contribution in [-0.4, -0.2) is 58.1 Å². The minimum Gasteiger partial charge on any atom is -0.458 e. The van der Waals surface area contributed by atoms with Crippen molar-refractivity contribution in [1.82, 2.24) is 15.5 Å². The van der Waals surface area contributed by atoms with Gasteiger partial charge in [-0.15, -0.1) is 0 Å². The zero-order chi connectivity index (χ0) is 33.0. The second-order valence-corrected chi connectivity index (χ2v) is 13.9. The maximum Gasteiger partial charge on any atom is 0.408 e. The molecule has 3 rings (SSSR count). The number of esters is 1. The van der Waals surface area contributed by atoms with Crippen molar-refractivity contribution < 1.29 is 28.7 Å². The average molecular weight is 608 g/mol. The third-order valence-corrected chi connectivity index (χ3v) is 7.32. The normalized spacial score (nSPS) is 18.3. The summed E-state index contributed by atoms with van der Waals surface area (Å²) in [6.07, 6.45) is 0.201. The van der Waals surface area contributed by atoms with Gasteiger partial charge >= 0.3 is 12.1 Å². The Balaban J connectivity index is 2.03. The topological polar surface area (TPSA) is 114 Å². The molecular weight excluding hydrogens is 558 g/mol. The van der Waals surface area contributed by atoms with Crippen LogP contribution < -0.4 is 10.6 Å². The van der Waals surface area contributed by atoms with E-state index in [4.69, 9.17) is 9.47 Å². The standard InChI is InChI=1S/C35H49N3O6/c1-21-16-17-26(22(2)18-21)29(38(28-19-23(28)3)31(40)24(4)36-33(42)44-35(8,9)10)30(39)37-27(32(41)43-34(5,6)7)20-25-14-12-11-13-15-25/h11-18,23-24,27-29H,19-20H2,1-10H3,(H,36,42)(H,37,39). The van der Waals surface area contributed by atoms with E-state index >= 15 is 0 Å². The monoisotopic (exact) mass is 607 g/mol. The Hall–Kier alpha value is -3.88. The maximum absolute atomic E-state index is 14.4. The Kier molecular flexibility index (Phi) is 10.9. The number of nitrogens with zero attached hydrogens (tertiary/aromatic N) is 1. The van der Waals surface area contributed by atoms with Crippen molar-refractivity contribution in [2.75, 3.05) is 0 Å². The molecule has 44 heavy (non-hydrogen) atoms. The number of carbonyl (C=O) groups excluding carboxylic acids is 4. The van der Waals surface area contributed by atoms with Crippen molar-refractivity contribution in [3.05, 3.63) is 70.8 Å². The van der Waals surface area contributed by atoms with E-state index in [1.54, 1.807) is 53.4 Å². The molecule has 5 unspecified atom stereocenters. The maximum atomic E-state index is 14.4. The van der Waals surface area contributed by atoms with Crippen LogP contribution in [0.3, 0.4) is 0 Å². The average Bonchev–Trinajstić information content (AvgIpc) is 3.60. The summed E-state index contributed by atoms with van der Waals surface area (Å²) in [5, 5.41) is 5.59. The van der Waals surface area contributed by atoms with Crippen LogP contribution in [-0.2, 0) is 30.3 Å². The minimum atomic E-state index is -1.05. The van der Waals surface area contributed by atoms with E-state index in [1.807, 2.05) is 69.3 Å². The van der Waals surface area contributed by atoms with Crippen LogP contribution in [0.15, 0.2) is 48.5 Å². The van der Waals surface area contributed by atoms with Gasteiger partial charge in [-0.25, -0.2) is 9.59 Å². The molecule has 0 saturated heterocycles. The summed E-state index contributed by atoms with van der Waals surface area (Å²) in [5.41, 5.74) is 1.84. The van der Waals surface area contributed by atoms with E-state index in [2.05, 4.69) is 10.6 Å². The third kappa shape index (κ3) is 9.82. The van der Waals surface area contributed by atoms with Gasteiger partial charge in [-0.3, -0.25) is 9.59 Å². The van der Waals surface area contributed by atoms with Crippen molar-refractivity contribution in [2.24, 2.45) is 5.92 Å². The SMILES string of the molecule is Cc1ccc(C(C(=O)NC(Cc2ccccc2)C(=O)OC(C)(C)C)N(C(=O)C(C)NC(=O)OC(C)(C)C)C2CC2C)c(C)c1. The molecule has 9 heteroatoms. The van der Waals surface area contributed by atoms with Crippen LogP contribution in [0.4, 0.5) is 4.79 Å². The number of aryl methyl sites for hydroxylation is 2. The lowest BCUT2D eigenvalue weighted by atomic mass is 9.95. The van der Waals surface area contributed by atoms with Gasteiger partial charge in [0.05, 0.1) is 0 Å². The lowest BCUT2D eigenvalue weighted by Crippen LogP contribution is -2.55. The Morgan fingerprint density at radius 1 is 0.909 bits per heavy atom. The minimum absolute atomic E-state index is 0.153. The molecule has 3 amide bonds. The lowest BCUT2D eigenvalue weighted by Gasteiger charge is -2.36. The molecule has 0 radical (unpaired) electrons. The van der Waals surface area contributed by atoms with Crippen LogP contribution in [0.1, 0.15) is 90.1 Å². The summed E-state index contributed by atoms with van der Waals surface area (Å²) in [6, 6.07) is 11.9. The number of hydrogen-bond donors (Lipinski definition) is 2. The molecule has 1 aliphatic rings. The van der Waals surface area contributed by atoms with Crippen LogP contribution in [0.5, 0.6) is 0 Å². The summed E-state index contributed by atoms with van der Waals surface area (Å²) in [5.74, 6) is -1.32. The van der Waals surface area contributed by atoms with Crippen LogP contribution >= 0.6 is 0 Å². The van der Waals surface area contributed by atoms with Crippen LogP contribution in [0, 0.1) is 19.8 Å². The van der Waals surface area contributed by atoms with E-state index in [0.29, 0.717) is 12.0 Å². The van der Waals surface area contributed by atoms with E-state index in [1.165, 1.54) is 0 Å². The van der Waals surface area contributed by atoms with Gasteiger partial charge in [0.1, 0.15) is 29.3 Å². The number of alkyl carbamates (subject to hydrolysis) is 1. The molecule has 9 nitrogen and oxygen atoms in total. The molecule has 2 aromatic carbocycles. The van der Waals surface area contributed by atoms with Gasteiger partial charge in [-0.2, -0.15) is 0 Å².